The smallest absolute Gasteiger partial charge is 0.0413 e. The highest BCUT2D eigenvalue weighted by Crippen LogP contribution is 2.33. The normalized spacial score (nSPS) is 10.6. The lowest BCUT2D eigenvalue weighted by atomic mass is 10.2. The predicted molar refractivity (Wildman–Crippen MR) is 53.9 cm³/mol. The summed E-state index contributed by atoms with van der Waals surface area (Å²) >= 11 is 5.15. The zero-order chi connectivity index (χ0) is 7.84. The van der Waals surface area contributed by atoms with Crippen molar-refractivity contribution in [2.24, 2.45) is 0 Å². The van der Waals surface area contributed by atoms with Gasteiger partial charge in [0, 0.05) is 25.6 Å². The number of thiophene rings is 1. The zero-order valence-electron chi connectivity index (χ0n) is 5.67. The standard InChI is InChI=1S/C8H6BrNS/c9-5-4-11-7-3-1-2-6(10)8(5)7/h1-4H,10H2. The van der Waals surface area contributed by atoms with E-state index in [4.69, 9.17) is 5.73 Å². The fourth-order valence-corrected chi connectivity index (χ4v) is 2.78. The van der Waals surface area contributed by atoms with Crippen LogP contribution >= 0.6 is 27.3 Å². The maximum Gasteiger partial charge on any atom is 0.0413 e. The van der Waals surface area contributed by atoms with Crippen LogP contribution in [0.1, 0.15) is 0 Å². The maximum atomic E-state index is 5.78. The van der Waals surface area contributed by atoms with Crippen LogP contribution in [-0.4, -0.2) is 0 Å². The lowest BCUT2D eigenvalue weighted by Gasteiger charge is -1.94. The lowest BCUT2D eigenvalue weighted by molar-refractivity contribution is 1.78. The molecule has 0 unspecified atom stereocenters. The molecule has 0 radical (unpaired) electrons. The van der Waals surface area contributed by atoms with Crippen molar-refractivity contribution in [3.63, 3.8) is 0 Å². The van der Waals surface area contributed by atoms with Gasteiger partial charge >= 0.3 is 0 Å². The van der Waals surface area contributed by atoms with Crippen molar-refractivity contribution in [2.75, 3.05) is 5.73 Å². The summed E-state index contributed by atoms with van der Waals surface area (Å²) in [5, 5.41) is 3.19. The van der Waals surface area contributed by atoms with Gasteiger partial charge in [-0.2, -0.15) is 0 Å². The topological polar surface area (TPSA) is 26.0 Å². The predicted octanol–water partition coefficient (Wildman–Crippen LogP) is 3.25. The zero-order valence-corrected chi connectivity index (χ0v) is 8.08. The van der Waals surface area contributed by atoms with Crippen molar-refractivity contribution in [3.8, 4) is 0 Å². The number of halogens is 1. The molecule has 3 heteroatoms. The van der Waals surface area contributed by atoms with Crippen LogP contribution in [-0.2, 0) is 0 Å². The summed E-state index contributed by atoms with van der Waals surface area (Å²) < 4.78 is 2.33. The minimum atomic E-state index is 0.843. The van der Waals surface area contributed by atoms with Gasteiger partial charge in [-0.1, -0.05) is 6.07 Å². The van der Waals surface area contributed by atoms with Crippen molar-refractivity contribution in [2.45, 2.75) is 0 Å². The number of benzene rings is 1. The molecule has 2 aromatic rings. The third-order valence-electron chi connectivity index (χ3n) is 1.59. The first-order valence-corrected chi connectivity index (χ1v) is 4.87. The molecule has 1 heterocycles. The van der Waals surface area contributed by atoms with Gasteiger partial charge < -0.3 is 5.73 Å². The molecule has 11 heavy (non-hydrogen) atoms. The number of anilines is 1. The van der Waals surface area contributed by atoms with Crippen LogP contribution in [0.25, 0.3) is 10.1 Å². The molecule has 0 atom stereocenters. The van der Waals surface area contributed by atoms with Crippen LogP contribution in [0.4, 0.5) is 5.69 Å². The minimum absolute atomic E-state index is 0.843. The molecule has 0 amide bonds. The second-order valence-corrected chi connectivity index (χ2v) is 4.07. The first kappa shape index (κ1) is 7.13. The molecule has 0 aliphatic rings. The Bertz CT molecular complexity index is 394. The first-order chi connectivity index (χ1) is 5.29. The number of nitrogen functional groups attached to an aromatic ring is 1. The molecule has 56 valence electrons. The van der Waals surface area contributed by atoms with E-state index in [9.17, 15) is 0 Å². The second-order valence-electron chi connectivity index (χ2n) is 2.30. The molecule has 2 N–H and O–H groups in total. The molecular formula is C8H6BrNS. The third-order valence-corrected chi connectivity index (χ3v) is 3.46. The molecule has 0 fully saturated rings. The highest BCUT2D eigenvalue weighted by atomic mass is 79.9. The Hall–Kier alpha value is -0.540. The molecule has 0 spiro atoms. The van der Waals surface area contributed by atoms with Gasteiger partial charge in [-0.15, -0.1) is 11.3 Å². The van der Waals surface area contributed by atoms with E-state index in [1.165, 1.54) is 4.70 Å². The van der Waals surface area contributed by atoms with E-state index in [1.807, 2.05) is 12.1 Å². The van der Waals surface area contributed by atoms with Gasteiger partial charge in [-0.3, -0.25) is 0 Å². The molecule has 0 saturated carbocycles. The molecule has 0 aliphatic carbocycles. The van der Waals surface area contributed by atoms with E-state index in [2.05, 4.69) is 27.4 Å². The Morgan fingerprint density at radius 2 is 2.18 bits per heavy atom. The van der Waals surface area contributed by atoms with E-state index in [0.717, 1.165) is 15.5 Å². The Morgan fingerprint density at radius 1 is 1.36 bits per heavy atom. The number of rotatable bonds is 0. The summed E-state index contributed by atoms with van der Waals surface area (Å²) in [6, 6.07) is 5.96. The Labute approximate surface area is 77.0 Å². The van der Waals surface area contributed by atoms with Crippen LogP contribution in [0.2, 0.25) is 0 Å². The molecule has 1 aromatic heterocycles. The van der Waals surface area contributed by atoms with Gasteiger partial charge in [0.05, 0.1) is 0 Å². The Kier molecular flexibility index (Phi) is 1.62. The largest absolute Gasteiger partial charge is 0.398 e. The van der Waals surface area contributed by atoms with Crippen molar-refractivity contribution in [1.29, 1.82) is 0 Å². The molecule has 1 nitrogen and oxygen atoms in total. The minimum Gasteiger partial charge on any atom is -0.398 e. The summed E-state index contributed by atoms with van der Waals surface area (Å²) in [4.78, 5) is 0. The summed E-state index contributed by atoms with van der Waals surface area (Å²) in [6.07, 6.45) is 0. The fourth-order valence-electron chi connectivity index (χ4n) is 1.08. The average molecular weight is 228 g/mol. The Balaban J connectivity index is 2.96. The summed E-state index contributed by atoms with van der Waals surface area (Å²) in [5.74, 6) is 0. The van der Waals surface area contributed by atoms with E-state index < -0.39 is 0 Å². The van der Waals surface area contributed by atoms with Crippen LogP contribution in [0.3, 0.4) is 0 Å². The van der Waals surface area contributed by atoms with Gasteiger partial charge in [0.1, 0.15) is 0 Å². The van der Waals surface area contributed by atoms with E-state index in [-0.39, 0.29) is 0 Å². The first-order valence-electron chi connectivity index (χ1n) is 3.20. The number of hydrogen-bond donors (Lipinski definition) is 1. The number of hydrogen-bond acceptors (Lipinski definition) is 2. The van der Waals surface area contributed by atoms with Gasteiger partial charge in [0.25, 0.3) is 0 Å². The van der Waals surface area contributed by atoms with Gasteiger partial charge in [0.2, 0.25) is 0 Å². The van der Waals surface area contributed by atoms with E-state index >= 15 is 0 Å². The van der Waals surface area contributed by atoms with Crippen LogP contribution in [0.5, 0.6) is 0 Å². The highest BCUT2D eigenvalue weighted by Gasteiger charge is 2.02. The van der Waals surface area contributed by atoms with Gasteiger partial charge in [0.15, 0.2) is 0 Å². The van der Waals surface area contributed by atoms with Gasteiger partial charge in [-0.25, -0.2) is 0 Å². The van der Waals surface area contributed by atoms with Gasteiger partial charge in [-0.05, 0) is 28.1 Å². The molecule has 0 bridgehead atoms. The molecule has 2 rings (SSSR count). The molecule has 1 aromatic carbocycles. The highest BCUT2D eigenvalue weighted by molar-refractivity contribution is 9.10. The summed E-state index contributed by atoms with van der Waals surface area (Å²) in [7, 11) is 0. The van der Waals surface area contributed by atoms with Crippen LogP contribution in [0.15, 0.2) is 28.1 Å². The van der Waals surface area contributed by atoms with Crippen LogP contribution in [0, 0.1) is 0 Å². The van der Waals surface area contributed by atoms with Crippen molar-refractivity contribution in [3.05, 3.63) is 28.1 Å². The van der Waals surface area contributed by atoms with Crippen molar-refractivity contribution < 1.29 is 0 Å². The second kappa shape index (κ2) is 2.50. The fraction of sp³-hybridized carbons (Fsp3) is 0. The SMILES string of the molecule is Nc1cccc2scc(Br)c12. The lowest BCUT2D eigenvalue weighted by Crippen LogP contribution is -1.83. The number of nitrogens with two attached hydrogens (primary N) is 1. The molecule has 0 aliphatic heterocycles. The number of fused-ring (bicyclic) bond motifs is 1. The average Bonchev–Trinajstić information content (AvgIpc) is 2.34. The van der Waals surface area contributed by atoms with Crippen molar-refractivity contribution >= 4 is 43.0 Å². The summed E-state index contributed by atoms with van der Waals surface area (Å²) in [6.45, 7) is 0. The van der Waals surface area contributed by atoms with Crippen molar-refractivity contribution in [1.82, 2.24) is 0 Å². The van der Waals surface area contributed by atoms with Crippen LogP contribution < -0.4 is 5.73 Å². The monoisotopic (exact) mass is 227 g/mol. The molecule has 0 saturated heterocycles. The van der Waals surface area contributed by atoms with E-state index in [1.54, 1.807) is 11.3 Å². The summed E-state index contributed by atoms with van der Waals surface area (Å²) in [5.41, 5.74) is 6.62. The third kappa shape index (κ3) is 1.04. The quantitative estimate of drug-likeness (QED) is 0.688. The van der Waals surface area contributed by atoms with E-state index in [0.29, 0.717) is 0 Å². The maximum absolute atomic E-state index is 5.78. The molecular weight excluding hydrogens is 222 g/mol. The Morgan fingerprint density at radius 3 is 2.91 bits per heavy atom.